The van der Waals surface area contributed by atoms with Crippen molar-refractivity contribution < 1.29 is 20.4 Å². The summed E-state index contributed by atoms with van der Waals surface area (Å²) in [4.78, 5) is 9.13. The van der Waals surface area contributed by atoms with Crippen LogP contribution in [0.5, 0.6) is 0 Å². The summed E-state index contributed by atoms with van der Waals surface area (Å²) in [6, 6.07) is 89.3. The van der Waals surface area contributed by atoms with Crippen LogP contribution in [0.25, 0.3) is 0 Å². The molecule has 0 aliphatic rings. The van der Waals surface area contributed by atoms with Crippen molar-refractivity contribution in [2.45, 2.75) is 203 Å². The molecule has 0 saturated carbocycles. The normalized spacial score (nSPS) is 15.3. The summed E-state index contributed by atoms with van der Waals surface area (Å²) >= 11 is 0. The van der Waals surface area contributed by atoms with Gasteiger partial charge in [-0.2, -0.15) is 0 Å². The molecule has 520 valence electrons. The van der Waals surface area contributed by atoms with Crippen LogP contribution >= 0.6 is 0 Å². The number of likely N-dealkylation sites (N-methyl/N-ethyl adjacent to an activating group) is 4. The van der Waals surface area contributed by atoms with Crippen molar-refractivity contribution in [1.29, 1.82) is 0 Å². The van der Waals surface area contributed by atoms with Crippen LogP contribution in [0.4, 0.5) is 0 Å². The molecule has 4 N–H and O–H groups in total. The van der Waals surface area contributed by atoms with E-state index in [0.717, 1.165) is 48.4 Å². The number of aliphatic hydroxyl groups excluding tert-OH is 4. The maximum Gasteiger partial charge on any atom is 0.0942 e. The zero-order valence-corrected chi connectivity index (χ0v) is 67.0. The number of hydrogen-bond donors (Lipinski definition) is 4. The number of benzene rings is 8. The average molecular weight is 1390 g/mol. The molecule has 0 radical (unpaired) electrons. The van der Waals surface area contributed by atoms with E-state index < -0.39 is 64.8 Å². The van der Waals surface area contributed by atoms with Crippen LogP contribution in [0, 0.1) is 0 Å². The standard InChI is InChI=1S/C84H120N4O4Si5/c1-65(81(89)73-29-21-17-22-30-73)85(5)61-69-37-45-77(46-38-69)93(9,10)53-57-97(58-54-94(11,12)78-47-39-70(40-48-78)62-86(6)66(2)82(90)74-31-23-18-24-32-74,59-55-95(13,14)79-49-41-71(42-50-79)63-87(7)67(3)83(91)75-33-25-19-26-34-75)60-56-96(15,16)80-51-43-72(44-52-80)64-88(8)68(4)84(92)76-35-27-20-28-36-76/h17-52,65-68,81-84,89-92H,53-64H2,1-16H3/t65-,66-,67-,68-,81-,82-,83-,84-/m0/s1. The predicted molar refractivity (Wildman–Crippen MR) is 428 cm³/mol. The molecule has 0 bridgehead atoms. The number of rotatable bonds is 36. The molecule has 97 heavy (non-hydrogen) atoms. The van der Waals surface area contributed by atoms with Crippen molar-refractivity contribution in [3.63, 3.8) is 0 Å². The molecule has 8 aromatic rings. The molecule has 8 nitrogen and oxygen atoms in total. The lowest BCUT2D eigenvalue weighted by molar-refractivity contribution is 0.0687. The Balaban J connectivity index is 1.08. The van der Waals surface area contributed by atoms with Crippen molar-refractivity contribution in [2.24, 2.45) is 0 Å². The fourth-order valence-electron chi connectivity index (χ4n) is 14.3. The van der Waals surface area contributed by atoms with Crippen LogP contribution in [-0.2, 0) is 26.2 Å². The topological polar surface area (TPSA) is 93.9 Å². The van der Waals surface area contributed by atoms with Gasteiger partial charge in [-0.15, -0.1) is 0 Å². The maximum atomic E-state index is 11.4. The molecule has 0 spiro atoms. The number of hydrogen-bond acceptors (Lipinski definition) is 8. The molecular formula is C84H120N4O4Si5. The van der Waals surface area contributed by atoms with E-state index in [1.807, 2.05) is 121 Å². The summed E-state index contributed by atoms with van der Waals surface area (Å²) in [7, 11) is -1.39. The van der Waals surface area contributed by atoms with Crippen molar-refractivity contribution in [3.8, 4) is 0 Å². The summed E-state index contributed by atoms with van der Waals surface area (Å²) in [5.74, 6) is 0. The fraction of sp³-hybridized carbons (Fsp3) is 0.429. The van der Waals surface area contributed by atoms with Crippen LogP contribution in [0.1, 0.15) is 96.6 Å². The van der Waals surface area contributed by atoms with Crippen molar-refractivity contribution in [1.82, 2.24) is 19.6 Å². The van der Waals surface area contributed by atoms with E-state index in [9.17, 15) is 20.4 Å². The zero-order chi connectivity index (χ0) is 70.3. The third kappa shape index (κ3) is 21.3. The zero-order valence-electron chi connectivity index (χ0n) is 62.0. The molecule has 0 fully saturated rings. The second-order valence-electron chi connectivity index (χ2n) is 31.9. The van der Waals surface area contributed by atoms with E-state index in [1.165, 1.54) is 91.4 Å². The van der Waals surface area contributed by atoms with Crippen LogP contribution in [0.15, 0.2) is 218 Å². The van der Waals surface area contributed by atoms with Crippen molar-refractivity contribution in [3.05, 3.63) is 263 Å². The van der Waals surface area contributed by atoms with Crippen LogP contribution < -0.4 is 20.7 Å². The summed E-state index contributed by atoms with van der Waals surface area (Å²) in [5, 5.41) is 51.6. The van der Waals surface area contributed by atoms with Gasteiger partial charge in [0.15, 0.2) is 0 Å². The van der Waals surface area contributed by atoms with Gasteiger partial charge in [0.1, 0.15) is 0 Å². The van der Waals surface area contributed by atoms with Gasteiger partial charge in [0, 0.05) is 50.3 Å². The lowest BCUT2D eigenvalue weighted by atomic mass is 10.0. The Morgan fingerprint density at radius 2 is 0.412 bits per heavy atom. The molecule has 0 saturated heterocycles. The average Bonchev–Trinajstić information content (AvgIpc) is 0.803. The lowest BCUT2D eigenvalue weighted by Gasteiger charge is -2.41. The minimum absolute atomic E-state index is 0.0374. The largest absolute Gasteiger partial charge is 0.387 e. The van der Waals surface area contributed by atoms with Gasteiger partial charge in [0.05, 0.1) is 64.8 Å². The maximum absolute atomic E-state index is 11.4. The Morgan fingerprint density at radius 3 is 0.577 bits per heavy atom. The Hall–Kier alpha value is -5.48. The SMILES string of the molecule is C[C@@H]([C@H](O)c1ccccc1)N(C)Cc1ccc([Si](C)(C)CC[Si](CC[Si](C)(C)c2ccc(CN(C)[C@@H](C)[C@H](O)c3ccccc3)cc2)(CC[Si](C)(C)c2ccc(CN(C)[C@@H](C)[C@H](O)c3ccccc3)cc2)CC[Si](C)(C)c2ccc(CN(C)[C@@H](C)[C@H](O)c3ccccc3)cc2)cc1. The summed E-state index contributed by atoms with van der Waals surface area (Å²) in [6.45, 7) is 32.8. The van der Waals surface area contributed by atoms with Gasteiger partial charge in [-0.05, 0) is 100 Å². The molecule has 8 rings (SSSR count). The van der Waals surface area contributed by atoms with Gasteiger partial charge in [0.25, 0.3) is 0 Å². The summed E-state index contributed by atoms with van der Waals surface area (Å²) in [5.41, 5.74) is 8.93. The molecule has 0 amide bonds. The van der Waals surface area contributed by atoms with Gasteiger partial charge in [-0.1, -0.05) is 340 Å². The molecule has 8 atom stereocenters. The minimum atomic E-state index is -2.09. The van der Waals surface area contributed by atoms with Crippen LogP contribution in [0.3, 0.4) is 0 Å². The van der Waals surface area contributed by atoms with E-state index in [0.29, 0.717) is 0 Å². The van der Waals surface area contributed by atoms with Crippen LogP contribution in [-0.4, -0.2) is 133 Å². The monoisotopic (exact) mass is 1390 g/mol. The summed E-state index contributed by atoms with van der Waals surface area (Å²) < 4.78 is 0. The second kappa shape index (κ2) is 34.7. The van der Waals surface area contributed by atoms with Gasteiger partial charge >= 0.3 is 0 Å². The van der Waals surface area contributed by atoms with E-state index in [4.69, 9.17) is 0 Å². The van der Waals surface area contributed by atoms with Gasteiger partial charge in [0.2, 0.25) is 0 Å². The Bertz CT molecular complexity index is 3120. The first-order valence-electron chi connectivity index (χ1n) is 36.1. The first-order valence-corrected chi connectivity index (χ1v) is 51.7. The third-order valence-corrected chi connectivity index (χ3v) is 43.8. The molecule has 13 heteroatoms. The van der Waals surface area contributed by atoms with E-state index in [-0.39, 0.29) is 24.2 Å². The molecule has 0 unspecified atom stereocenters. The molecule has 0 heterocycles. The highest BCUT2D eigenvalue weighted by Crippen LogP contribution is 2.40. The van der Waals surface area contributed by atoms with E-state index in [2.05, 4.69) is 225 Å². The lowest BCUT2D eigenvalue weighted by Crippen LogP contribution is -2.50. The second-order valence-corrected chi connectivity index (χ2v) is 56.2. The highest BCUT2D eigenvalue weighted by molar-refractivity contribution is 6.96. The smallest absolute Gasteiger partial charge is 0.0942 e. The third-order valence-electron chi connectivity index (χ3n) is 23.0. The Kier molecular flexibility index (Phi) is 27.7. The minimum Gasteiger partial charge on any atom is -0.387 e. The van der Waals surface area contributed by atoms with Gasteiger partial charge < -0.3 is 20.4 Å². The van der Waals surface area contributed by atoms with Gasteiger partial charge in [-0.3, -0.25) is 19.6 Å². The first-order chi connectivity index (χ1) is 46.0. The fourth-order valence-corrected chi connectivity index (χ4v) is 39.7. The quantitative estimate of drug-likeness (QED) is 0.0289. The molecule has 8 aromatic carbocycles. The molecular weight excluding hydrogens is 1270 g/mol. The first kappa shape index (κ1) is 77.3. The number of nitrogens with zero attached hydrogens (tertiary/aromatic N) is 4. The van der Waals surface area contributed by atoms with Gasteiger partial charge in [-0.25, -0.2) is 0 Å². The van der Waals surface area contributed by atoms with E-state index in [1.54, 1.807) is 0 Å². The Labute approximate surface area is 591 Å². The molecule has 0 aromatic heterocycles. The number of aliphatic hydroxyl groups is 4. The van der Waals surface area contributed by atoms with Crippen molar-refractivity contribution in [2.75, 3.05) is 28.2 Å². The van der Waals surface area contributed by atoms with Crippen molar-refractivity contribution >= 4 is 61.1 Å². The summed E-state index contributed by atoms with van der Waals surface area (Å²) in [6.07, 6.45) is -2.25. The Morgan fingerprint density at radius 1 is 0.247 bits per heavy atom. The molecule has 0 aliphatic carbocycles. The predicted octanol–water partition coefficient (Wildman–Crippen LogP) is 16.1. The highest BCUT2D eigenvalue weighted by Gasteiger charge is 2.42. The van der Waals surface area contributed by atoms with E-state index >= 15 is 0 Å². The highest BCUT2D eigenvalue weighted by atomic mass is 28.3. The molecule has 0 aliphatic heterocycles. The van der Waals surface area contributed by atoms with Crippen LogP contribution in [0.2, 0.25) is 101 Å².